The zero-order valence-electron chi connectivity index (χ0n) is 7.16. The molecule has 0 bridgehead atoms. The van der Waals surface area contributed by atoms with Gasteiger partial charge in [0.25, 0.3) is 0 Å². The summed E-state index contributed by atoms with van der Waals surface area (Å²) in [7, 11) is 0. The molecule has 0 fully saturated rings. The summed E-state index contributed by atoms with van der Waals surface area (Å²) >= 11 is 0. The molecule has 56 valence electrons. The predicted molar refractivity (Wildman–Crippen MR) is 31.0 cm³/mol. The summed E-state index contributed by atoms with van der Waals surface area (Å²) in [6.45, 7) is 0.187. The zero-order chi connectivity index (χ0) is 7.49. The monoisotopic (exact) mass is 142 g/mol. The van der Waals surface area contributed by atoms with Crippen molar-refractivity contribution in [2.75, 3.05) is 13.2 Å². The molecular weight excluding hydrogens is 131 g/mol. The van der Waals surface area contributed by atoms with Crippen molar-refractivity contribution in [3.8, 4) is 0 Å². The van der Waals surface area contributed by atoms with Crippen molar-refractivity contribution in [2.45, 2.75) is 6.92 Å². The van der Waals surface area contributed by atoms with Crippen LogP contribution in [0.5, 0.6) is 0 Å². The summed E-state index contributed by atoms with van der Waals surface area (Å²) in [5, 5.41) is 25.1. The van der Waals surface area contributed by atoms with Crippen LogP contribution < -0.4 is 18.9 Å². The summed E-state index contributed by atoms with van der Waals surface area (Å²) in [5.41, 5.74) is -1.39. The van der Waals surface area contributed by atoms with E-state index < -0.39 is 24.6 Å². The average molecular weight is 142 g/mol. The summed E-state index contributed by atoms with van der Waals surface area (Å²) < 4.78 is 0. The Bertz CT molecular complexity index is 115. The molecule has 10 heavy (non-hydrogen) atoms. The minimum absolute atomic E-state index is 0. The Kier molecular flexibility index (Phi) is 6.01. The van der Waals surface area contributed by atoms with E-state index in [-0.39, 0.29) is 20.3 Å². The molecule has 0 aromatic heterocycles. The smallest absolute Gasteiger partial charge is 1.00 e. The van der Waals surface area contributed by atoms with Crippen molar-refractivity contribution in [1.82, 2.24) is 0 Å². The van der Waals surface area contributed by atoms with Crippen molar-refractivity contribution in [1.29, 1.82) is 0 Å². The second-order valence-corrected chi connectivity index (χ2v) is 2.18. The molecule has 0 aromatic carbocycles. The van der Waals surface area contributed by atoms with Gasteiger partial charge in [0.05, 0.1) is 13.2 Å². The molecule has 0 radical (unpaired) electrons. The molecule has 0 unspecified atom stereocenters. The van der Waals surface area contributed by atoms with Gasteiger partial charge in [-0.2, -0.15) is 0 Å². The zero-order valence-corrected chi connectivity index (χ0v) is 6.16. The third kappa shape index (κ3) is 2.71. The van der Waals surface area contributed by atoms with Gasteiger partial charge in [0.1, 0.15) is 5.41 Å². The summed E-state index contributed by atoms with van der Waals surface area (Å²) in [5.74, 6) is -1.19. The second kappa shape index (κ2) is 4.75. The van der Waals surface area contributed by atoms with Crippen LogP contribution in [0.2, 0.25) is 0 Å². The molecule has 0 saturated heterocycles. The van der Waals surface area contributed by atoms with Crippen molar-refractivity contribution in [2.24, 2.45) is 5.41 Å². The third-order valence-corrected chi connectivity index (χ3v) is 1.21. The molecular formula is C5H11LiO4. The van der Waals surface area contributed by atoms with E-state index in [2.05, 4.69) is 0 Å². The van der Waals surface area contributed by atoms with Crippen LogP contribution in [0, 0.1) is 5.41 Å². The SMILES string of the molecule is CC(CO)(CO)C(=O)O.[H-].[Li+]. The number of aliphatic hydroxyl groups is 2. The van der Waals surface area contributed by atoms with Crippen LogP contribution in [0.25, 0.3) is 0 Å². The first kappa shape index (κ1) is 12.6. The van der Waals surface area contributed by atoms with Crippen LogP contribution in [0.4, 0.5) is 0 Å². The molecule has 0 aliphatic rings. The Hall–Kier alpha value is -0.0126. The van der Waals surface area contributed by atoms with Gasteiger partial charge in [-0.15, -0.1) is 0 Å². The number of aliphatic carboxylic acids is 1. The Morgan fingerprint density at radius 1 is 1.50 bits per heavy atom. The molecule has 5 heteroatoms. The van der Waals surface area contributed by atoms with Crippen LogP contribution >= 0.6 is 0 Å². The number of hydrogen-bond acceptors (Lipinski definition) is 3. The van der Waals surface area contributed by atoms with Crippen molar-refractivity contribution in [3.05, 3.63) is 0 Å². The van der Waals surface area contributed by atoms with E-state index in [1.54, 1.807) is 0 Å². The number of carbonyl (C=O) groups is 1. The van der Waals surface area contributed by atoms with Crippen molar-refractivity contribution in [3.63, 3.8) is 0 Å². The Labute approximate surface area is 72.5 Å². The molecule has 0 spiro atoms. The Morgan fingerprint density at radius 3 is 1.80 bits per heavy atom. The average Bonchev–Trinajstić information content (AvgIpc) is 1.86. The number of aliphatic hydroxyl groups excluding tert-OH is 2. The van der Waals surface area contributed by atoms with E-state index in [1.807, 2.05) is 0 Å². The van der Waals surface area contributed by atoms with Crippen LogP contribution in [0.3, 0.4) is 0 Å². The van der Waals surface area contributed by atoms with Crippen LogP contribution in [-0.4, -0.2) is 34.5 Å². The first-order chi connectivity index (χ1) is 4.06. The van der Waals surface area contributed by atoms with Gasteiger partial charge < -0.3 is 16.7 Å². The topological polar surface area (TPSA) is 77.8 Å². The predicted octanol–water partition coefficient (Wildman–Crippen LogP) is -3.82. The van der Waals surface area contributed by atoms with Crippen LogP contribution in [0.15, 0.2) is 0 Å². The maximum atomic E-state index is 10.2. The van der Waals surface area contributed by atoms with Gasteiger partial charge in [0.2, 0.25) is 0 Å². The number of carboxylic acid groups (broad SMARTS) is 1. The van der Waals surface area contributed by atoms with Gasteiger partial charge in [-0.25, -0.2) is 0 Å². The number of rotatable bonds is 3. The maximum Gasteiger partial charge on any atom is 1.00 e. The molecule has 0 atom stereocenters. The van der Waals surface area contributed by atoms with Crippen molar-refractivity contribution < 1.29 is 40.4 Å². The van der Waals surface area contributed by atoms with E-state index in [0.29, 0.717) is 0 Å². The van der Waals surface area contributed by atoms with E-state index >= 15 is 0 Å². The summed E-state index contributed by atoms with van der Waals surface area (Å²) in [6, 6.07) is 0. The Morgan fingerprint density at radius 2 is 1.80 bits per heavy atom. The van der Waals surface area contributed by atoms with Gasteiger partial charge in [0, 0.05) is 0 Å². The fourth-order valence-electron chi connectivity index (χ4n) is 0.185. The molecule has 0 heterocycles. The standard InChI is InChI=1S/C5H10O4.Li.H/c1-5(2-6,3-7)4(8)9;;/h6-7H,2-3H2,1H3,(H,8,9);;/q;+1;-1. The summed E-state index contributed by atoms with van der Waals surface area (Å²) in [6.07, 6.45) is 0. The first-order valence-corrected chi connectivity index (χ1v) is 2.52. The molecule has 0 aromatic rings. The summed E-state index contributed by atoms with van der Waals surface area (Å²) in [4.78, 5) is 10.2. The molecule has 0 aliphatic heterocycles. The molecule has 0 amide bonds. The second-order valence-electron chi connectivity index (χ2n) is 2.18. The largest absolute Gasteiger partial charge is 1.00 e. The van der Waals surface area contributed by atoms with Crippen LogP contribution in [-0.2, 0) is 4.79 Å². The van der Waals surface area contributed by atoms with Gasteiger partial charge >= 0.3 is 24.8 Å². The minimum atomic E-state index is -1.39. The first-order valence-electron chi connectivity index (χ1n) is 2.52. The van der Waals surface area contributed by atoms with Gasteiger partial charge in [-0.3, -0.25) is 4.79 Å². The molecule has 3 N–H and O–H groups in total. The molecule has 4 nitrogen and oxygen atoms in total. The van der Waals surface area contributed by atoms with Gasteiger partial charge in [-0.05, 0) is 6.92 Å². The van der Waals surface area contributed by atoms with Gasteiger partial charge in [-0.1, -0.05) is 0 Å². The molecule has 0 rings (SSSR count). The molecule has 0 saturated carbocycles. The minimum Gasteiger partial charge on any atom is -1.00 e. The van der Waals surface area contributed by atoms with Gasteiger partial charge in [0.15, 0.2) is 0 Å². The quantitative estimate of drug-likeness (QED) is 0.353. The fraction of sp³-hybridized carbons (Fsp3) is 0.800. The normalized spacial score (nSPS) is 10.3. The third-order valence-electron chi connectivity index (χ3n) is 1.21. The Balaban J connectivity index is -0.000000320. The van der Waals surface area contributed by atoms with Crippen LogP contribution in [0.1, 0.15) is 8.35 Å². The number of hydrogen-bond donors (Lipinski definition) is 3. The number of carboxylic acids is 1. The van der Waals surface area contributed by atoms with Crippen molar-refractivity contribution >= 4 is 5.97 Å². The maximum absolute atomic E-state index is 10.2. The van der Waals surface area contributed by atoms with E-state index in [4.69, 9.17) is 15.3 Å². The van der Waals surface area contributed by atoms with E-state index in [9.17, 15) is 4.79 Å². The fourth-order valence-corrected chi connectivity index (χ4v) is 0.185. The molecule has 0 aliphatic carbocycles. The van der Waals surface area contributed by atoms with E-state index in [0.717, 1.165) is 0 Å². The van der Waals surface area contributed by atoms with E-state index in [1.165, 1.54) is 6.92 Å².